The summed E-state index contributed by atoms with van der Waals surface area (Å²) in [6.07, 6.45) is 7.46. The molecule has 2 heterocycles. The molecular weight excluding hydrogens is 217 g/mol. The topological polar surface area (TPSA) is 38.7 Å². The van der Waals surface area contributed by atoms with Crippen molar-refractivity contribution in [2.24, 2.45) is 0 Å². The lowest BCUT2D eigenvalue weighted by Gasteiger charge is -2.07. The molecule has 2 aromatic heterocycles. The van der Waals surface area contributed by atoms with E-state index in [0.29, 0.717) is 11.4 Å². The fourth-order valence-corrected chi connectivity index (χ4v) is 1.54. The molecule has 17 heavy (non-hydrogen) atoms. The Labute approximate surface area is 98.4 Å². The highest BCUT2D eigenvalue weighted by Gasteiger charge is 2.09. The summed E-state index contributed by atoms with van der Waals surface area (Å²) in [5.41, 5.74) is 2.56. The van der Waals surface area contributed by atoms with Crippen LogP contribution in [0.3, 0.4) is 0 Å². The number of hydrogen-bond donors (Lipinski definition) is 0. The molecular formula is C13H10FN3. The van der Waals surface area contributed by atoms with Gasteiger partial charge >= 0.3 is 0 Å². The van der Waals surface area contributed by atoms with Gasteiger partial charge in [-0.15, -0.1) is 0 Å². The lowest BCUT2D eigenvalue weighted by molar-refractivity contribution is 0.578. The van der Waals surface area contributed by atoms with Crippen molar-refractivity contribution in [3.63, 3.8) is 0 Å². The van der Waals surface area contributed by atoms with E-state index < -0.39 is 5.95 Å². The van der Waals surface area contributed by atoms with Crippen LogP contribution in [-0.4, -0.2) is 15.0 Å². The van der Waals surface area contributed by atoms with Crippen LogP contribution in [0.25, 0.3) is 23.5 Å². The molecule has 84 valence electrons. The number of aromatic nitrogens is 3. The van der Waals surface area contributed by atoms with Gasteiger partial charge in [0.15, 0.2) is 0 Å². The van der Waals surface area contributed by atoms with Gasteiger partial charge in [0.25, 0.3) is 0 Å². The van der Waals surface area contributed by atoms with E-state index in [4.69, 9.17) is 0 Å². The smallest absolute Gasteiger partial charge is 0.231 e. The van der Waals surface area contributed by atoms with Crippen LogP contribution in [0.15, 0.2) is 37.8 Å². The zero-order valence-electron chi connectivity index (χ0n) is 9.10. The van der Waals surface area contributed by atoms with Gasteiger partial charge in [-0.2, -0.15) is 4.39 Å². The minimum absolute atomic E-state index is 0.378. The van der Waals surface area contributed by atoms with Crippen LogP contribution >= 0.6 is 0 Å². The van der Waals surface area contributed by atoms with E-state index in [2.05, 4.69) is 28.1 Å². The van der Waals surface area contributed by atoms with Crippen molar-refractivity contribution in [1.29, 1.82) is 0 Å². The summed E-state index contributed by atoms with van der Waals surface area (Å²) in [7, 11) is 0. The normalized spacial score (nSPS) is 9.94. The van der Waals surface area contributed by atoms with Crippen LogP contribution in [0, 0.1) is 5.95 Å². The molecule has 0 aliphatic heterocycles. The van der Waals surface area contributed by atoms with E-state index in [1.165, 1.54) is 6.20 Å². The summed E-state index contributed by atoms with van der Waals surface area (Å²) in [5.74, 6) is -0.636. The summed E-state index contributed by atoms with van der Waals surface area (Å²) in [5, 5.41) is 0. The minimum atomic E-state index is -0.636. The van der Waals surface area contributed by atoms with Crippen LogP contribution in [0.4, 0.5) is 4.39 Å². The lowest BCUT2D eigenvalue weighted by atomic mass is 10.0. The highest BCUT2D eigenvalue weighted by atomic mass is 19.1. The second-order valence-electron chi connectivity index (χ2n) is 3.30. The molecule has 0 radical (unpaired) electrons. The third-order valence-electron chi connectivity index (χ3n) is 2.30. The second kappa shape index (κ2) is 4.65. The van der Waals surface area contributed by atoms with E-state index >= 15 is 0 Å². The van der Waals surface area contributed by atoms with Gasteiger partial charge in [0.1, 0.15) is 5.69 Å². The first kappa shape index (κ1) is 11.1. The van der Waals surface area contributed by atoms with Crippen molar-refractivity contribution in [3.05, 3.63) is 54.9 Å². The fourth-order valence-electron chi connectivity index (χ4n) is 1.54. The van der Waals surface area contributed by atoms with Crippen molar-refractivity contribution < 1.29 is 4.39 Å². The summed E-state index contributed by atoms with van der Waals surface area (Å²) in [6.45, 7) is 7.42. The monoisotopic (exact) mass is 227 g/mol. The number of halogens is 1. The van der Waals surface area contributed by atoms with Gasteiger partial charge in [0, 0.05) is 11.8 Å². The van der Waals surface area contributed by atoms with Gasteiger partial charge in [0.2, 0.25) is 5.95 Å². The van der Waals surface area contributed by atoms with Gasteiger partial charge in [0.05, 0.1) is 18.1 Å². The van der Waals surface area contributed by atoms with Crippen molar-refractivity contribution in [2.75, 3.05) is 0 Å². The summed E-state index contributed by atoms with van der Waals surface area (Å²) < 4.78 is 13.0. The highest BCUT2D eigenvalue weighted by Crippen LogP contribution is 2.23. The minimum Gasteiger partial charge on any atom is -0.258 e. The van der Waals surface area contributed by atoms with E-state index in [9.17, 15) is 4.39 Å². The number of rotatable bonds is 3. The molecule has 0 amide bonds. The Morgan fingerprint density at radius 1 is 1.18 bits per heavy atom. The van der Waals surface area contributed by atoms with Crippen molar-refractivity contribution in [3.8, 4) is 11.4 Å². The zero-order valence-corrected chi connectivity index (χ0v) is 9.10. The molecule has 3 nitrogen and oxygen atoms in total. The third kappa shape index (κ3) is 2.10. The molecule has 0 atom stereocenters. The Hall–Kier alpha value is -2.36. The van der Waals surface area contributed by atoms with E-state index in [1.807, 2.05) is 0 Å². The molecule has 0 N–H and O–H groups in total. The summed E-state index contributed by atoms with van der Waals surface area (Å²) in [4.78, 5) is 11.7. The van der Waals surface area contributed by atoms with Gasteiger partial charge < -0.3 is 0 Å². The van der Waals surface area contributed by atoms with Crippen LogP contribution in [-0.2, 0) is 0 Å². The molecule has 0 aliphatic carbocycles. The van der Waals surface area contributed by atoms with Gasteiger partial charge in [-0.1, -0.05) is 25.3 Å². The molecule has 0 aromatic carbocycles. The number of nitrogens with zero attached hydrogens (tertiary/aromatic N) is 3. The van der Waals surface area contributed by atoms with Gasteiger partial charge in [-0.3, -0.25) is 9.97 Å². The Bertz CT molecular complexity index is 579. The van der Waals surface area contributed by atoms with Crippen LogP contribution in [0.1, 0.15) is 11.1 Å². The highest BCUT2D eigenvalue weighted by molar-refractivity contribution is 5.75. The first-order valence-corrected chi connectivity index (χ1v) is 4.98. The molecule has 0 saturated heterocycles. The first-order valence-electron chi connectivity index (χ1n) is 4.98. The molecule has 0 spiro atoms. The number of hydrogen-bond acceptors (Lipinski definition) is 3. The maximum absolute atomic E-state index is 13.0. The molecule has 0 saturated carbocycles. The van der Waals surface area contributed by atoms with Gasteiger partial charge in [-0.25, -0.2) is 4.98 Å². The maximum atomic E-state index is 13.0. The molecule has 0 bridgehead atoms. The standard InChI is InChI=1S/C13H10FN3/c1-3-9-5-6-16-13(10(9)4-2)11-7-15-8-12(14)17-11/h3-8H,1-2H2. The third-order valence-corrected chi connectivity index (χ3v) is 2.30. The van der Waals surface area contributed by atoms with Crippen molar-refractivity contribution in [2.45, 2.75) is 0 Å². The Balaban J connectivity index is 2.67. The molecule has 0 aliphatic rings. The summed E-state index contributed by atoms with van der Waals surface area (Å²) >= 11 is 0. The Morgan fingerprint density at radius 2 is 2.00 bits per heavy atom. The molecule has 4 heteroatoms. The molecule has 0 fully saturated rings. The zero-order chi connectivity index (χ0) is 12.3. The maximum Gasteiger partial charge on any atom is 0.231 e. The average molecular weight is 227 g/mol. The molecule has 2 aromatic rings. The van der Waals surface area contributed by atoms with E-state index in [1.54, 1.807) is 24.4 Å². The van der Waals surface area contributed by atoms with Crippen molar-refractivity contribution in [1.82, 2.24) is 15.0 Å². The molecule has 2 rings (SSSR count). The van der Waals surface area contributed by atoms with Crippen LogP contribution in [0.2, 0.25) is 0 Å². The lowest BCUT2D eigenvalue weighted by Crippen LogP contribution is -1.96. The summed E-state index contributed by atoms with van der Waals surface area (Å²) in [6, 6.07) is 1.81. The number of pyridine rings is 1. The quantitative estimate of drug-likeness (QED) is 0.809. The van der Waals surface area contributed by atoms with Gasteiger partial charge in [-0.05, 0) is 11.6 Å². The Morgan fingerprint density at radius 3 is 2.65 bits per heavy atom. The predicted molar refractivity (Wildman–Crippen MR) is 65.4 cm³/mol. The van der Waals surface area contributed by atoms with Crippen molar-refractivity contribution >= 4 is 12.2 Å². The molecule has 0 unspecified atom stereocenters. The van der Waals surface area contributed by atoms with Crippen LogP contribution in [0.5, 0.6) is 0 Å². The average Bonchev–Trinajstić information content (AvgIpc) is 2.37. The largest absolute Gasteiger partial charge is 0.258 e. The Kier molecular flexibility index (Phi) is 3.05. The van der Waals surface area contributed by atoms with Crippen LogP contribution < -0.4 is 0 Å². The van der Waals surface area contributed by atoms with E-state index in [-0.39, 0.29) is 0 Å². The predicted octanol–water partition coefficient (Wildman–Crippen LogP) is 2.96. The second-order valence-corrected chi connectivity index (χ2v) is 3.30. The fraction of sp³-hybridized carbons (Fsp3) is 0. The van der Waals surface area contributed by atoms with E-state index in [0.717, 1.165) is 17.3 Å². The first-order chi connectivity index (χ1) is 8.26. The SMILES string of the molecule is C=Cc1ccnc(-c2cncc(F)n2)c1C=C.